The standard InChI is InChI=1S/C16H13F2NO2/c17-13-3-6-16(15(18)11-13)21-10-9-20-14-4-1-12(2-5-14)7-8-19/h1-6,11H,7,9-10H2. The highest BCUT2D eigenvalue weighted by atomic mass is 19.1. The molecule has 2 rings (SSSR count). The maximum Gasteiger partial charge on any atom is 0.167 e. The third kappa shape index (κ3) is 4.46. The van der Waals surface area contributed by atoms with E-state index < -0.39 is 11.6 Å². The Kier molecular flexibility index (Phi) is 5.10. The van der Waals surface area contributed by atoms with Gasteiger partial charge in [-0.25, -0.2) is 8.78 Å². The SMILES string of the molecule is N#CCc1ccc(OCCOc2ccc(F)cc2F)cc1. The summed E-state index contributed by atoms with van der Waals surface area (Å²) in [6, 6.07) is 12.3. The van der Waals surface area contributed by atoms with Gasteiger partial charge in [0.25, 0.3) is 0 Å². The van der Waals surface area contributed by atoms with Crippen LogP contribution in [0.2, 0.25) is 0 Å². The van der Waals surface area contributed by atoms with E-state index in [0.717, 1.165) is 17.7 Å². The van der Waals surface area contributed by atoms with Gasteiger partial charge < -0.3 is 9.47 Å². The predicted octanol–water partition coefficient (Wildman–Crippen LogP) is 3.49. The molecule has 0 N–H and O–H groups in total. The summed E-state index contributed by atoms with van der Waals surface area (Å²) in [7, 11) is 0. The van der Waals surface area contributed by atoms with E-state index in [1.54, 1.807) is 24.3 Å². The monoisotopic (exact) mass is 289 g/mol. The molecule has 0 aliphatic carbocycles. The van der Waals surface area contributed by atoms with Gasteiger partial charge in [-0.3, -0.25) is 0 Å². The summed E-state index contributed by atoms with van der Waals surface area (Å²) < 4.78 is 36.6. The number of ether oxygens (including phenoxy) is 2. The number of hydrogen-bond donors (Lipinski definition) is 0. The molecule has 3 nitrogen and oxygen atoms in total. The van der Waals surface area contributed by atoms with Crippen LogP contribution in [-0.4, -0.2) is 13.2 Å². The van der Waals surface area contributed by atoms with E-state index in [-0.39, 0.29) is 19.0 Å². The quantitative estimate of drug-likeness (QED) is 0.764. The second-order valence-electron chi connectivity index (χ2n) is 4.25. The van der Waals surface area contributed by atoms with E-state index in [0.29, 0.717) is 12.2 Å². The molecule has 0 aliphatic heterocycles. The van der Waals surface area contributed by atoms with Crippen molar-refractivity contribution in [3.05, 3.63) is 59.7 Å². The largest absolute Gasteiger partial charge is 0.490 e. The molecule has 0 aromatic heterocycles. The highest BCUT2D eigenvalue weighted by Crippen LogP contribution is 2.17. The van der Waals surface area contributed by atoms with Gasteiger partial charge in [-0.05, 0) is 29.8 Å². The molecule has 0 atom stereocenters. The lowest BCUT2D eigenvalue weighted by Crippen LogP contribution is -2.09. The summed E-state index contributed by atoms with van der Waals surface area (Å²) >= 11 is 0. The van der Waals surface area contributed by atoms with E-state index in [1.165, 1.54) is 6.07 Å². The average molecular weight is 289 g/mol. The van der Waals surface area contributed by atoms with Crippen molar-refractivity contribution in [1.82, 2.24) is 0 Å². The van der Waals surface area contributed by atoms with Crippen molar-refractivity contribution in [2.75, 3.05) is 13.2 Å². The lowest BCUT2D eigenvalue weighted by Gasteiger charge is -2.09. The normalized spacial score (nSPS) is 9.95. The second-order valence-corrected chi connectivity index (χ2v) is 4.25. The van der Waals surface area contributed by atoms with Gasteiger partial charge in [-0.15, -0.1) is 0 Å². The van der Waals surface area contributed by atoms with Crippen molar-refractivity contribution in [1.29, 1.82) is 5.26 Å². The molecule has 0 fully saturated rings. The van der Waals surface area contributed by atoms with Crippen molar-refractivity contribution in [2.45, 2.75) is 6.42 Å². The molecule has 2 aromatic rings. The third-order valence-corrected chi connectivity index (χ3v) is 2.71. The van der Waals surface area contributed by atoms with E-state index >= 15 is 0 Å². The van der Waals surface area contributed by atoms with Crippen LogP contribution in [0.15, 0.2) is 42.5 Å². The Morgan fingerprint density at radius 3 is 2.33 bits per heavy atom. The maximum atomic E-state index is 13.3. The molecule has 2 aromatic carbocycles. The van der Waals surface area contributed by atoms with Crippen LogP contribution in [-0.2, 0) is 6.42 Å². The fourth-order valence-electron chi connectivity index (χ4n) is 1.70. The van der Waals surface area contributed by atoms with Crippen LogP contribution in [0, 0.1) is 23.0 Å². The van der Waals surface area contributed by atoms with Crippen molar-refractivity contribution in [3.8, 4) is 17.6 Å². The molecule has 0 amide bonds. The van der Waals surface area contributed by atoms with E-state index in [2.05, 4.69) is 6.07 Å². The van der Waals surface area contributed by atoms with Gasteiger partial charge in [0, 0.05) is 6.07 Å². The lowest BCUT2D eigenvalue weighted by atomic mass is 10.2. The predicted molar refractivity (Wildman–Crippen MR) is 73.1 cm³/mol. The van der Waals surface area contributed by atoms with Crippen LogP contribution in [0.3, 0.4) is 0 Å². The molecule has 0 saturated carbocycles. The zero-order valence-corrected chi connectivity index (χ0v) is 11.2. The van der Waals surface area contributed by atoms with Gasteiger partial charge in [0.15, 0.2) is 11.6 Å². The molecule has 0 spiro atoms. The molecule has 0 heterocycles. The minimum absolute atomic E-state index is 0.00984. The molecule has 0 unspecified atom stereocenters. The number of rotatable bonds is 6. The first-order valence-electron chi connectivity index (χ1n) is 6.35. The first kappa shape index (κ1) is 14.8. The summed E-state index contributed by atoms with van der Waals surface area (Å²) in [4.78, 5) is 0. The smallest absolute Gasteiger partial charge is 0.167 e. The zero-order chi connectivity index (χ0) is 15.1. The summed E-state index contributed by atoms with van der Waals surface area (Å²) in [5.41, 5.74) is 0.912. The van der Waals surface area contributed by atoms with Crippen LogP contribution in [0.1, 0.15) is 5.56 Å². The topological polar surface area (TPSA) is 42.2 Å². The Hall–Kier alpha value is -2.61. The van der Waals surface area contributed by atoms with Gasteiger partial charge in [-0.1, -0.05) is 12.1 Å². The molecule has 0 aliphatic rings. The summed E-state index contributed by atoms with van der Waals surface area (Å²) in [6.07, 6.45) is 0.354. The number of benzene rings is 2. The summed E-state index contributed by atoms with van der Waals surface area (Å²) in [5, 5.41) is 8.56. The van der Waals surface area contributed by atoms with Crippen molar-refractivity contribution >= 4 is 0 Å². The molecule has 0 saturated heterocycles. The van der Waals surface area contributed by atoms with Crippen LogP contribution in [0.25, 0.3) is 0 Å². The fraction of sp³-hybridized carbons (Fsp3) is 0.188. The molecular weight excluding hydrogens is 276 g/mol. The number of halogens is 2. The molecular formula is C16H13F2NO2. The minimum Gasteiger partial charge on any atom is -0.490 e. The van der Waals surface area contributed by atoms with Gasteiger partial charge in [0.05, 0.1) is 12.5 Å². The van der Waals surface area contributed by atoms with E-state index in [9.17, 15) is 8.78 Å². The molecule has 0 radical (unpaired) electrons. The number of nitrogens with zero attached hydrogens (tertiary/aromatic N) is 1. The number of hydrogen-bond acceptors (Lipinski definition) is 3. The van der Waals surface area contributed by atoms with Crippen LogP contribution in [0.5, 0.6) is 11.5 Å². The van der Waals surface area contributed by atoms with Crippen molar-refractivity contribution < 1.29 is 18.3 Å². The van der Waals surface area contributed by atoms with E-state index in [1.807, 2.05) is 0 Å². The zero-order valence-electron chi connectivity index (χ0n) is 11.2. The highest BCUT2D eigenvalue weighted by molar-refractivity contribution is 5.28. The lowest BCUT2D eigenvalue weighted by molar-refractivity contribution is 0.211. The average Bonchev–Trinajstić information content (AvgIpc) is 2.47. The van der Waals surface area contributed by atoms with Crippen molar-refractivity contribution in [2.24, 2.45) is 0 Å². The van der Waals surface area contributed by atoms with Crippen LogP contribution < -0.4 is 9.47 Å². The Labute approximate surface area is 121 Å². The maximum absolute atomic E-state index is 13.3. The first-order valence-corrected chi connectivity index (χ1v) is 6.35. The Morgan fingerprint density at radius 1 is 0.952 bits per heavy atom. The highest BCUT2D eigenvalue weighted by Gasteiger charge is 2.04. The molecule has 108 valence electrons. The van der Waals surface area contributed by atoms with Gasteiger partial charge in [0.1, 0.15) is 24.8 Å². The minimum atomic E-state index is -0.740. The van der Waals surface area contributed by atoms with Crippen molar-refractivity contribution in [3.63, 3.8) is 0 Å². The van der Waals surface area contributed by atoms with Gasteiger partial charge in [-0.2, -0.15) is 5.26 Å². The fourth-order valence-corrected chi connectivity index (χ4v) is 1.70. The Balaban J connectivity index is 1.78. The first-order chi connectivity index (χ1) is 10.2. The third-order valence-electron chi connectivity index (χ3n) is 2.71. The van der Waals surface area contributed by atoms with Crippen LogP contribution >= 0.6 is 0 Å². The summed E-state index contributed by atoms with van der Waals surface area (Å²) in [5.74, 6) is -0.756. The summed E-state index contributed by atoms with van der Waals surface area (Å²) in [6.45, 7) is 0.372. The van der Waals surface area contributed by atoms with Crippen LogP contribution in [0.4, 0.5) is 8.78 Å². The second kappa shape index (κ2) is 7.25. The van der Waals surface area contributed by atoms with Gasteiger partial charge in [0.2, 0.25) is 0 Å². The molecule has 5 heteroatoms. The molecule has 21 heavy (non-hydrogen) atoms. The van der Waals surface area contributed by atoms with E-state index in [4.69, 9.17) is 14.7 Å². The van der Waals surface area contributed by atoms with Gasteiger partial charge >= 0.3 is 0 Å². The Bertz CT molecular complexity index is 636. The molecule has 0 bridgehead atoms. The number of nitriles is 1. The Morgan fingerprint density at radius 2 is 1.67 bits per heavy atom.